The molecule has 1 saturated heterocycles. The molecule has 3 aliphatic heterocycles. The Morgan fingerprint density at radius 3 is 2.41 bits per heavy atom. The lowest BCUT2D eigenvalue weighted by atomic mass is 9.58. The molecule has 18 heteroatoms. The van der Waals surface area contributed by atoms with Crippen LogP contribution in [0.2, 0.25) is 0 Å². The van der Waals surface area contributed by atoms with Gasteiger partial charge in [0.2, 0.25) is 11.8 Å². The van der Waals surface area contributed by atoms with Gasteiger partial charge in [-0.1, -0.05) is 17.7 Å². The Balaban J connectivity index is 0.657. The minimum absolute atomic E-state index is 0.00716. The number of carbonyl (C=O) groups is 2. The van der Waals surface area contributed by atoms with E-state index in [1.165, 1.54) is 31.4 Å². The number of nitriles is 1. The monoisotopic (exact) mass is 1020 g/mol. The smallest absolute Gasteiger partial charge is 0.272 e. The number of hydrogen-bond donors (Lipinski definition) is 1. The van der Waals surface area contributed by atoms with Crippen LogP contribution in [0.3, 0.4) is 0 Å². The largest absolute Gasteiger partial charge is 0.473 e. The summed E-state index contributed by atoms with van der Waals surface area (Å²) in [5.41, 5.74) is 5.72. The molecule has 4 fully saturated rings. The normalized spacial score (nSPS) is 27.6. The lowest BCUT2D eigenvalue weighted by Gasteiger charge is -2.52. The van der Waals surface area contributed by atoms with Crippen molar-refractivity contribution in [2.24, 2.45) is 12.5 Å². The van der Waals surface area contributed by atoms with Gasteiger partial charge in [0.1, 0.15) is 12.2 Å². The van der Waals surface area contributed by atoms with Crippen LogP contribution in [0.25, 0.3) is 11.1 Å². The third-order valence-corrected chi connectivity index (χ3v) is 17.5. The van der Waals surface area contributed by atoms with E-state index in [0.717, 1.165) is 106 Å². The molecule has 73 heavy (non-hydrogen) atoms. The van der Waals surface area contributed by atoms with Gasteiger partial charge in [-0.05, 0) is 138 Å². The third kappa shape index (κ3) is 10.2. The Morgan fingerprint density at radius 2 is 1.74 bits per heavy atom. The van der Waals surface area contributed by atoms with E-state index < -0.39 is 12.0 Å². The van der Waals surface area contributed by atoms with Gasteiger partial charge < -0.3 is 29.5 Å². The zero-order valence-electron chi connectivity index (χ0n) is 42.2. The first-order valence-corrected chi connectivity index (χ1v) is 26.9. The average molecular weight is 1020 g/mol. The van der Waals surface area contributed by atoms with Gasteiger partial charge in [0.05, 0.1) is 36.1 Å². The van der Waals surface area contributed by atoms with E-state index >= 15 is 0 Å². The van der Waals surface area contributed by atoms with Gasteiger partial charge in [-0.25, -0.2) is 8.78 Å². The first kappa shape index (κ1) is 49.5. The molecule has 11 rings (SSSR count). The van der Waals surface area contributed by atoms with E-state index in [-0.39, 0.29) is 47.4 Å². The second-order valence-corrected chi connectivity index (χ2v) is 22.6. The number of nitrogens with zero attached hydrogens (tertiary/aromatic N) is 10. The number of piperidine rings is 1. The number of fused-ring (bicyclic) bond motifs is 2. The summed E-state index contributed by atoms with van der Waals surface area (Å²) >= 11 is 6.34. The number of aryl methyl sites for hydroxylation is 2. The molecule has 6 heterocycles. The molecular formula is C55H66ClF2N11O4. The molecule has 1 atom stereocenters. The second-order valence-electron chi connectivity index (χ2n) is 22.1. The van der Waals surface area contributed by atoms with Crippen LogP contribution in [0.5, 0.6) is 5.88 Å². The Hall–Kier alpha value is -5.70. The molecule has 1 spiro atoms. The molecule has 4 aliphatic carbocycles. The van der Waals surface area contributed by atoms with E-state index in [4.69, 9.17) is 26.2 Å². The van der Waals surface area contributed by atoms with Gasteiger partial charge in [-0.15, -0.1) is 10.2 Å². The van der Waals surface area contributed by atoms with Crippen molar-refractivity contribution in [1.82, 2.24) is 44.9 Å². The summed E-state index contributed by atoms with van der Waals surface area (Å²) in [6, 6.07) is 9.98. The second kappa shape index (κ2) is 20.2. The van der Waals surface area contributed by atoms with Crippen LogP contribution in [-0.2, 0) is 36.0 Å². The predicted molar refractivity (Wildman–Crippen MR) is 271 cm³/mol. The topological polar surface area (TPSA) is 160 Å². The highest BCUT2D eigenvalue weighted by atomic mass is 35.5. The lowest BCUT2D eigenvalue weighted by molar-refractivity contribution is -0.129. The first-order valence-electron chi connectivity index (χ1n) is 26.5. The lowest BCUT2D eigenvalue weighted by Crippen LogP contribution is -2.50. The number of hydrogen-bond acceptors (Lipinski definition) is 11. The summed E-state index contributed by atoms with van der Waals surface area (Å²) < 4.78 is 46.2. The summed E-state index contributed by atoms with van der Waals surface area (Å²) in [4.78, 5) is 32.6. The molecular weight excluding hydrogens is 952 g/mol. The summed E-state index contributed by atoms with van der Waals surface area (Å²) in [6.07, 6.45) is 19.3. The Bertz CT molecular complexity index is 2830. The van der Waals surface area contributed by atoms with Crippen LogP contribution in [0, 0.1) is 16.7 Å². The SMILES string of the molecule is CC(=O)N1CCc2c(c(N3CCCc4cc(-c5cnn(C)c5)c(C(F)F)cc43)nn2C2CCN(C3CCC4(CC3)CC(Oc3ccc(C(=O)NC5CCC(OC6(C)C=CC(C#N)=C(Cl)C6)CC5)nn3)C4)CC2)C1. The minimum Gasteiger partial charge on any atom is -0.473 e. The molecule has 386 valence electrons. The third-order valence-electron chi connectivity index (χ3n) is 17.2. The summed E-state index contributed by atoms with van der Waals surface area (Å²) in [6.45, 7) is 7.39. The zero-order valence-corrected chi connectivity index (χ0v) is 42.9. The van der Waals surface area contributed by atoms with Gasteiger partial charge in [0, 0.05) is 110 Å². The highest BCUT2D eigenvalue weighted by Crippen LogP contribution is 2.54. The van der Waals surface area contributed by atoms with Crippen molar-refractivity contribution < 1.29 is 27.8 Å². The van der Waals surface area contributed by atoms with Gasteiger partial charge in [-0.3, -0.25) is 19.0 Å². The molecule has 2 amide bonds. The molecule has 1 aromatic carbocycles. The molecule has 3 saturated carbocycles. The maximum Gasteiger partial charge on any atom is 0.272 e. The van der Waals surface area contributed by atoms with Gasteiger partial charge in [-0.2, -0.15) is 15.5 Å². The summed E-state index contributed by atoms with van der Waals surface area (Å²) in [5, 5.41) is 31.1. The van der Waals surface area contributed by atoms with Crippen molar-refractivity contribution in [3.63, 3.8) is 0 Å². The average Bonchev–Trinajstić information content (AvgIpc) is 3.99. The van der Waals surface area contributed by atoms with E-state index in [1.54, 1.807) is 55.3 Å². The van der Waals surface area contributed by atoms with E-state index in [9.17, 15) is 23.6 Å². The fraction of sp³-hybridized carbons (Fsp3) is 0.582. The van der Waals surface area contributed by atoms with Crippen molar-refractivity contribution in [3.05, 3.63) is 87.5 Å². The van der Waals surface area contributed by atoms with Crippen LogP contribution in [-0.4, -0.2) is 107 Å². The molecule has 0 radical (unpaired) electrons. The number of nitrogens with one attached hydrogen (secondary N) is 1. The number of rotatable bonds is 11. The van der Waals surface area contributed by atoms with Crippen LogP contribution in [0.4, 0.5) is 20.3 Å². The summed E-state index contributed by atoms with van der Waals surface area (Å²) in [7, 11) is 1.79. The minimum atomic E-state index is -2.65. The van der Waals surface area contributed by atoms with E-state index in [2.05, 4.69) is 41.2 Å². The standard InChI is InChI=1S/C55H66ClF2N11O4/c1-34(70)67-24-17-48-45(33-67)52(68-21-4-5-35-25-43(37-31-60-65(3)32-37)44(51(57)58)26-49(35)68)64-69(48)40-15-22-66(23-16-40)39-13-19-55(20-14-39)27-42(28-55)72-50-11-10-47(62-63-50)53(71)61-38-6-8-41(9-7-38)73-54(2)18-12-36(30-59)46(56)29-54/h10-12,18,25-26,31-32,38-42,51H,4-9,13-17,19-24,27-29,33H2,1-3H3,(H,61,71). The van der Waals surface area contributed by atoms with Gasteiger partial charge in [0.15, 0.2) is 11.5 Å². The van der Waals surface area contributed by atoms with Crippen molar-refractivity contribution >= 4 is 34.9 Å². The fourth-order valence-electron chi connectivity index (χ4n) is 13.2. The number of carbonyl (C=O) groups excluding carboxylic acids is 2. The van der Waals surface area contributed by atoms with E-state index in [1.807, 2.05) is 24.0 Å². The zero-order chi connectivity index (χ0) is 50.6. The Morgan fingerprint density at radius 1 is 0.959 bits per heavy atom. The number of benzene rings is 1. The maximum absolute atomic E-state index is 14.8. The molecule has 15 nitrogen and oxygen atoms in total. The fourth-order valence-corrected chi connectivity index (χ4v) is 13.6. The van der Waals surface area contributed by atoms with Crippen LogP contribution >= 0.6 is 11.6 Å². The van der Waals surface area contributed by atoms with Crippen molar-refractivity contribution in [3.8, 4) is 23.1 Å². The quantitative estimate of drug-likeness (QED) is 0.152. The van der Waals surface area contributed by atoms with Gasteiger partial charge in [0.25, 0.3) is 12.3 Å². The number of alkyl halides is 2. The van der Waals surface area contributed by atoms with Crippen LogP contribution in [0.15, 0.2) is 59.4 Å². The maximum atomic E-state index is 14.8. The molecule has 0 bridgehead atoms. The predicted octanol–water partition coefficient (Wildman–Crippen LogP) is 9.60. The highest BCUT2D eigenvalue weighted by molar-refractivity contribution is 6.30. The van der Waals surface area contributed by atoms with E-state index in [0.29, 0.717) is 65.1 Å². The van der Waals surface area contributed by atoms with Crippen LogP contribution in [0.1, 0.15) is 149 Å². The number of anilines is 2. The Labute approximate surface area is 430 Å². The first-order chi connectivity index (χ1) is 35.2. The molecule has 7 aliphatic rings. The number of halogens is 3. The van der Waals surface area contributed by atoms with Crippen molar-refractivity contribution in [1.29, 1.82) is 5.26 Å². The molecule has 3 aromatic heterocycles. The Kier molecular flexibility index (Phi) is 13.7. The number of likely N-dealkylation sites (tertiary alicyclic amines) is 1. The molecule has 1 unspecified atom stereocenters. The number of allylic oxidation sites excluding steroid dienone is 2. The van der Waals surface area contributed by atoms with Gasteiger partial charge >= 0.3 is 0 Å². The molecule has 1 N–H and O–H groups in total. The number of aromatic nitrogens is 6. The number of amides is 2. The molecule has 4 aromatic rings. The van der Waals surface area contributed by atoms with Crippen molar-refractivity contribution in [2.45, 2.75) is 165 Å². The highest BCUT2D eigenvalue weighted by Gasteiger charge is 2.48. The van der Waals surface area contributed by atoms with Crippen LogP contribution < -0.4 is 15.0 Å². The number of ether oxygens (including phenoxy) is 2. The van der Waals surface area contributed by atoms with Crippen molar-refractivity contribution in [2.75, 3.05) is 31.1 Å². The summed E-state index contributed by atoms with van der Waals surface area (Å²) in [5.74, 6) is 1.04.